The van der Waals surface area contributed by atoms with Gasteiger partial charge in [-0.3, -0.25) is 14.9 Å². The van der Waals surface area contributed by atoms with Gasteiger partial charge in [-0.05, 0) is 34.1 Å². The van der Waals surface area contributed by atoms with Gasteiger partial charge in [-0.1, -0.05) is 6.07 Å². The highest BCUT2D eigenvalue weighted by Gasteiger charge is 2.14. The third kappa shape index (κ3) is 3.15. The number of hydrogen-bond donors (Lipinski definition) is 1. The lowest BCUT2D eigenvalue weighted by atomic mass is 10.2. The zero-order chi connectivity index (χ0) is 14.7. The van der Waals surface area contributed by atoms with Crippen molar-refractivity contribution < 1.29 is 14.1 Å². The van der Waals surface area contributed by atoms with E-state index in [0.29, 0.717) is 4.60 Å². The van der Waals surface area contributed by atoms with Crippen molar-refractivity contribution in [2.45, 2.75) is 0 Å². The van der Waals surface area contributed by atoms with Crippen LogP contribution in [0.5, 0.6) is 0 Å². The van der Waals surface area contributed by atoms with Crippen LogP contribution < -0.4 is 5.32 Å². The molecule has 102 valence electrons. The number of nitro groups is 1. The first-order valence-corrected chi connectivity index (χ1v) is 6.14. The summed E-state index contributed by atoms with van der Waals surface area (Å²) in [5, 5.41) is 12.8. The number of benzene rings is 1. The molecule has 0 aliphatic rings. The van der Waals surface area contributed by atoms with E-state index >= 15 is 0 Å². The molecule has 1 aromatic heterocycles. The molecule has 0 saturated carbocycles. The minimum absolute atomic E-state index is 0.0946. The molecule has 8 heteroatoms. The SMILES string of the molecule is O=C(Nc1ccc([N+](=O)[O-])cc1F)c1cccc(Br)n1. The van der Waals surface area contributed by atoms with Gasteiger partial charge < -0.3 is 5.32 Å². The van der Waals surface area contributed by atoms with Gasteiger partial charge in [-0.25, -0.2) is 9.37 Å². The highest BCUT2D eigenvalue weighted by Crippen LogP contribution is 2.21. The highest BCUT2D eigenvalue weighted by atomic mass is 79.9. The van der Waals surface area contributed by atoms with E-state index in [9.17, 15) is 19.3 Å². The van der Waals surface area contributed by atoms with E-state index in [1.807, 2.05) is 0 Å². The van der Waals surface area contributed by atoms with Crippen LogP contribution in [-0.2, 0) is 0 Å². The fraction of sp³-hybridized carbons (Fsp3) is 0. The number of aromatic nitrogens is 1. The summed E-state index contributed by atoms with van der Waals surface area (Å²) in [6.45, 7) is 0. The summed E-state index contributed by atoms with van der Waals surface area (Å²) >= 11 is 3.12. The zero-order valence-corrected chi connectivity index (χ0v) is 11.4. The van der Waals surface area contributed by atoms with Crippen LogP contribution in [0, 0.1) is 15.9 Å². The number of non-ortho nitro benzene ring substituents is 1. The van der Waals surface area contributed by atoms with Crippen LogP contribution in [0.25, 0.3) is 0 Å². The lowest BCUT2D eigenvalue weighted by molar-refractivity contribution is -0.385. The monoisotopic (exact) mass is 339 g/mol. The van der Waals surface area contributed by atoms with Gasteiger partial charge in [-0.2, -0.15) is 0 Å². The Kier molecular flexibility index (Phi) is 4.04. The molecule has 1 heterocycles. The van der Waals surface area contributed by atoms with Crippen molar-refractivity contribution in [3.63, 3.8) is 0 Å². The number of carbonyl (C=O) groups excluding carboxylic acids is 1. The maximum absolute atomic E-state index is 13.6. The van der Waals surface area contributed by atoms with E-state index in [2.05, 4.69) is 26.2 Å². The molecule has 0 saturated heterocycles. The smallest absolute Gasteiger partial charge is 0.274 e. The van der Waals surface area contributed by atoms with E-state index < -0.39 is 16.6 Å². The van der Waals surface area contributed by atoms with Gasteiger partial charge in [0.2, 0.25) is 0 Å². The van der Waals surface area contributed by atoms with Gasteiger partial charge in [-0.15, -0.1) is 0 Å². The molecule has 0 atom stereocenters. The van der Waals surface area contributed by atoms with Crippen molar-refractivity contribution >= 4 is 33.2 Å². The minimum Gasteiger partial charge on any atom is -0.318 e. The number of nitrogens with zero attached hydrogens (tertiary/aromatic N) is 2. The van der Waals surface area contributed by atoms with Gasteiger partial charge in [0.1, 0.15) is 10.3 Å². The van der Waals surface area contributed by atoms with Crippen LogP contribution in [0.1, 0.15) is 10.5 Å². The van der Waals surface area contributed by atoms with Crippen LogP contribution in [0.15, 0.2) is 41.0 Å². The molecular weight excluding hydrogens is 333 g/mol. The Morgan fingerprint density at radius 3 is 2.70 bits per heavy atom. The zero-order valence-electron chi connectivity index (χ0n) is 9.84. The molecule has 1 amide bonds. The average molecular weight is 340 g/mol. The van der Waals surface area contributed by atoms with E-state index in [4.69, 9.17) is 0 Å². The third-order valence-electron chi connectivity index (χ3n) is 2.36. The molecule has 6 nitrogen and oxygen atoms in total. The van der Waals surface area contributed by atoms with Crippen LogP contribution in [0.3, 0.4) is 0 Å². The summed E-state index contributed by atoms with van der Waals surface area (Å²) in [5.74, 6) is -1.50. The molecule has 0 aliphatic heterocycles. The molecular formula is C12H7BrFN3O3. The van der Waals surface area contributed by atoms with Crippen LogP contribution >= 0.6 is 15.9 Å². The maximum Gasteiger partial charge on any atom is 0.274 e. The fourth-order valence-corrected chi connectivity index (χ4v) is 1.78. The quantitative estimate of drug-likeness (QED) is 0.528. The summed E-state index contributed by atoms with van der Waals surface area (Å²) in [6, 6.07) is 7.69. The van der Waals surface area contributed by atoms with E-state index in [1.54, 1.807) is 12.1 Å². The number of pyridine rings is 1. The van der Waals surface area contributed by atoms with Crippen molar-refractivity contribution in [2.75, 3.05) is 5.32 Å². The van der Waals surface area contributed by atoms with Crippen molar-refractivity contribution in [1.82, 2.24) is 4.98 Å². The second-order valence-electron chi connectivity index (χ2n) is 3.72. The number of hydrogen-bond acceptors (Lipinski definition) is 4. The number of amides is 1. The minimum atomic E-state index is -0.887. The molecule has 0 aliphatic carbocycles. The number of nitro benzene ring substituents is 1. The Balaban J connectivity index is 2.22. The standard InChI is InChI=1S/C12H7BrFN3O3/c13-11-3-1-2-10(15-11)12(18)16-9-5-4-7(17(19)20)6-8(9)14/h1-6H,(H,16,18). The van der Waals surface area contributed by atoms with Gasteiger partial charge in [0.15, 0.2) is 5.82 Å². The molecule has 2 aromatic rings. The van der Waals surface area contributed by atoms with Crippen LogP contribution in [-0.4, -0.2) is 15.8 Å². The maximum atomic E-state index is 13.6. The van der Waals surface area contributed by atoms with E-state index in [1.165, 1.54) is 6.07 Å². The molecule has 1 N–H and O–H groups in total. The first-order chi connectivity index (χ1) is 9.47. The lowest BCUT2D eigenvalue weighted by Crippen LogP contribution is -2.14. The van der Waals surface area contributed by atoms with Crippen LogP contribution in [0.4, 0.5) is 15.8 Å². The predicted molar refractivity (Wildman–Crippen MR) is 72.9 cm³/mol. The lowest BCUT2D eigenvalue weighted by Gasteiger charge is -2.06. The Labute approximate surface area is 120 Å². The molecule has 20 heavy (non-hydrogen) atoms. The summed E-state index contributed by atoms with van der Waals surface area (Å²) in [4.78, 5) is 25.5. The van der Waals surface area contributed by atoms with E-state index in [-0.39, 0.29) is 17.1 Å². The summed E-state index contributed by atoms with van der Waals surface area (Å²) < 4.78 is 14.1. The van der Waals surface area contributed by atoms with Crippen molar-refractivity contribution in [3.8, 4) is 0 Å². The molecule has 0 spiro atoms. The first-order valence-electron chi connectivity index (χ1n) is 5.35. The molecule has 0 bridgehead atoms. The van der Waals surface area contributed by atoms with Crippen molar-refractivity contribution in [3.05, 3.63) is 62.6 Å². The van der Waals surface area contributed by atoms with Gasteiger partial charge >= 0.3 is 0 Å². The van der Waals surface area contributed by atoms with Gasteiger partial charge in [0.05, 0.1) is 16.7 Å². The topological polar surface area (TPSA) is 85.1 Å². The second kappa shape index (κ2) is 5.74. The second-order valence-corrected chi connectivity index (χ2v) is 4.53. The Bertz CT molecular complexity index is 693. The van der Waals surface area contributed by atoms with Gasteiger partial charge in [0.25, 0.3) is 11.6 Å². The highest BCUT2D eigenvalue weighted by molar-refractivity contribution is 9.10. The van der Waals surface area contributed by atoms with Gasteiger partial charge in [0, 0.05) is 6.07 Å². The largest absolute Gasteiger partial charge is 0.318 e. The van der Waals surface area contributed by atoms with E-state index in [0.717, 1.165) is 18.2 Å². The van der Waals surface area contributed by atoms with Crippen molar-refractivity contribution in [1.29, 1.82) is 0 Å². The Morgan fingerprint density at radius 2 is 2.10 bits per heavy atom. The Morgan fingerprint density at radius 1 is 1.35 bits per heavy atom. The molecule has 1 aromatic carbocycles. The first kappa shape index (κ1) is 14.1. The summed E-state index contributed by atoms with van der Waals surface area (Å²) in [7, 11) is 0. The molecule has 0 fully saturated rings. The average Bonchev–Trinajstić information content (AvgIpc) is 2.40. The normalized spacial score (nSPS) is 10.1. The Hall–Kier alpha value is -2.35. The fourth-order valence-electron chi connectivity index (χ4n) is 1.44. The molecule has 2 rings (SSSR count). The summed E-state index contributed by atoms with van der Waals surface area (Å²) in [6.07, 6.45) is 0. The van der Waals surface area contributed by atoms with Crippen molar-refractivity contribution in [2.24, 2.45) is 0 Å². The number of halogens is 2. The summed E-state index contributed by atoms with van der Waals surface area (Å²) in [5.41, 5.74) is -0.444. The molecule has 0 unspecified atom stereocenters. The molecule has 0 radical (unpaired) electrons. The third-order valence-corrected chi connectivity index (χ3v) is 2.80. The number of nitrogens with one attached hydrogen (secondary N) is 1. The number of anilines is 1. The predicted octanol–water partition coefficient (Wildman–Crippen LogP) is 3.14. The number of carbonyl (C=O) groups is 1. The van der Waals surface area contributed by atoms with Crippen LogP contribution in [0.2, 0.25) is 0 Å². The number of rotatable bonds is 3.